The topological polar surface area (TPSA) is 15.3 Å². The maximum Gasteiger partial charge on any atom is 0.0438 e. The van der Waals surface area contributed by atoms with Crippen molar-refractivity contribution < 1.29 is 0 Å². The summed E-state index contributed by atoms with van der Waals surface area (Å²) in [5.74, 6) is 0.692. The second-order valence-corrected chi connectivity index (χ2v) is 6.87. The van der Waals surface area contributed by atoms with E-state index in [4.69, 9.17) is 11.6 Å². The van der Waals surface area contributed by atoms with E-state index < -0.39 is 0 Å². The molecule has 1 aliphatic rings. The minimum atomic E-state index is 0.662. The van der Waals surface area contributed by atoms with Crippen LogP contribution in [0.5, 0.6) is 0 Å². The van der Waals surface area contributed by atoms with E-state index >= 15 is 0 Å². The highest BCUT2D eigenvalue weighted by Gasteiger charge is 2.18. The molecule has 0 aromatic heterocycles. The van der Waals surface area contributed by atoms with Crippen LogP contribution in [-0.2, 0) is 6.54 Å². The molecule has 1 aliphatic heterocycles. The van der Waals surface area contributed by atoms with E-state index in [2.05, 4.69) is 49.2 Å². The third kappa shape index (κ3) is 4.76. The average Bonchev–Trinajstić information content (AvgIpc) is 2.86. The van der Waals surface area contributed by atoms with Crippen LogP contribution in [0.15, 0.2) is 18.2 Å². The van der Waals surface area contributed by atoms with E-state index in [0.29, 0.717) is 12.0 Å². The lowest BCUT2D eigenvalue weighted by molar-refractivity contribution is 0.216. The number of hydrogen-bond acceptors (Lipinski definition) is 2. The van der Waals surface area contributed by atoms with Gasteiger partial charge < -0.3 is 5.32 Å². The van der Waals surface area contributed by atoms with Crippen molar-refractivity contribution in [1.29, 1.82) is 0 Å². The molecule has 0 bridgehead atoms. The SMILES string of the molecule is Cc1ccc(CN(CC(C)C)CC2CCCN2)cc1Cl. The summed E-state index contributed by atoms with van der Waals surface area (Å²) in [4.78, 5) is 2.56. The summed E-state index contributed by atoms with van der Waals surface area (Å²) in [6.45, 7) is 11.1. The molecule has 0 spiro atoms. The highest BCUT2D eigenvalue weighted by Crippen LogP contribution is 2.19. The van der Waals surface area contributed by atoms with Gasteiger partial charge in [0.1, 0.15) is 0 Å². The normalized spacial score (nSPS) is 19.2. The Kier molecular flexibility index (Phi) is 5.88. The van der Waals surface area contributed by atoms with Crippen LogP contribution in [0.1, 0.15) is 37.8 Å². The largest absolute Gasteiger partial charge is 0.313 e. The van der Waals surface area contributed by atoms with Gasteiger partial charge in [0.2, 0.25) is 0 Å². The molecule has 20 heavy (non-hydrogen) atoms. The lowest BCUT2D eigenvalue weighted by Gasteiger charge is -2.27. The summed E-state index contributed by atoms with van der Waals surface area (Å²) < 4.78 is 0. The van der Waals surface area contributed by atoms with Gasteiger partial charge in [-0.25, -0.2) is 0 Å². The van der Waals surface area contributed by atoms with Gasteiger partial charge in [0.05, 0.1) is 0 Å². The van der Waals surface area contributed by atoms with Crippen LogP contribution in [0.3, 0.4) is 0 Å². The number of nitrogens with one attached hydrogen (secondary N) is 1. The number of benzene rings is 1. The summed E-state index contributed by atoms with van der Waals surface area (Å²) in [5, 5.41) is 4.48. The highest BCUT2D eigenvalue weighted by molar-refractivity contribution is 6.31. The maximum absolute atomic E-state index is 6.24. The van der Waals surface area contributed by atoms with Gasteiger partial charge in [0, 0.05) is 30.7 Å². The van der Waals surface area contributed by atoms with Crippen LogP contribution in [0.25, 0.3) is 0 Å². The summed E-state index contributed by atoms with van der Waals surface area (Å²) in [5.41, 5.74) is 2.47. The molecule has 0 aliphatic carbocycles. The van der Waals surface area contributed by atoms with Crippen LogP contribution in [0.4, 0.5) is 0 Å². The Labute approximate surface area is 128 Å². The van der Waals surface area contributed by atoms with Crippen molar-refractivity contribution in [3.63, 3.8) is 0 Å². The number of hydrogen-bond donors (Lipinski definition) is 1. The Morgan fingerprint density at radius 1 is 1.40 bits per heavy atom. The zero-order chi connectivity index (χ0) is 14.5. The summed E-state index contributed by atoms with van der Waals surface area (Å²) in [6.07, 6.45) is 2.62. The van der Waals surface area contributed by atoms with E-state index in [9.17, 15) is 0 Å². The van der Waals surface area contributed by atoms with Gasteiger partial charge in [-0.2, -0.15) is 0 Å². The van der Waals surface area contributed by atoms with Crippen molar-refractivity contribution in [3.05, 3.63) is 34.3 Å². The third-order valence-electron chi connectivity index (χ3n) is 3.91. The van der Waals surface area contributed by atoms with Crippen molar-refractivity contribution in [3.8, 4) is 0 Å². The second-order valence-electron chi connectivity index (χ2n) is 6.46. The van der Waals surface area contributed by atoms with Gasteiger partial charge >= 0.3 is 0 Å². The molecule has 2 nitrogen and oxygen atoms in total. The fraction of sp³-hybridized carbons (Fsp3) is 0.647. The van der Waals surface area contributed by atoms with Crippen molar-refractivity contribution in [2.45, 2.75) is 46.2 Å². The Morgan fingerprint density at radius 2 is 2.20 bits per heavy atom. The van der Waals surface area contributed by atoms with Gasteiger partial charge in [0.25, 0.3) is 0 Å². The molecule has 112 valence electrons. The Hall–Kier alpha value is -0.570. The molecular formula is C17H27ClN2. The molecule has 1 aromatic carbocycles. The highest BCUT2D eigenvalue weighted by atomic mass is 35.5. The molecule has 1 N–H and O–H groups in total. The Bertz CT molecular complexity index is 425. The zero-order valence-corrected chi connectivity index (χ0v) is 13.7. The van der Waals surface area contributed by atoms with Crippen molar-refractivity contribution >= 4 is 11.6 Å². The summed E-state index contributed by atoms with van der Waals surface area (Å²) >= 11 is 6.24. The van der Waals surface area contributed by atoms with E-state index in [1.807, 2.05) is 0 Å². The quantitative estimate of drug-likeness (QED) is 0.857. The Balaban J connectivity index is 1.99. The monoisotopic (exact) mass is 294 g/mol. The van der Waals surface area contributed by atoms with Gasteiger partial charge in [0.15, 0.2) is 0 Å². The fourth-order valence-corrected chi connectivity index (χ4v) is 3.14. The standard InChI is InChI=1S/C17H27ClN2/c1-13(2)10-20(12-16-5-4-8-19-16)11-15-7-6-14(3)17(18)9-15/h6-7,9,13,16,19H,4-5,8,10-12H2,1-3H3. The minimum Gasteiger partial charge on any atom is -0.313 e. The molecule has 1 unspecified atom stereocenters. The first-order valence-electron chi connectivity index (χ1n) is 7.75. The van der Waals surface area contributed by atoms with Crippen LogP contribution < -0.4 is 5.32 Å². The molecule has 1 aromatic rings. The molecule has 3 heteroatoms. The molecule has 1 heterocycles. The predicted octanol–water partition coefficient (Wildman–Crippen LogP) is 3.86. The minimum absolute atomic E-state index is 0.662. The van der Waals surface area contributed by atoms with E-state index in [1.165, 1.54) is 24.9 Å². The van der Waals surface area contributed by atoms with E-state index in [-0.39, 0.29) is 0 Å². The van der Waals surface area contributed by atoms with Crippen LogP contribution in [-0.4, -0.2) is 30.6 Å². The van der Waals surface area contributed by atoms with Crippen molar-refractivity contribution in [2.24, 2.45) is 5.92 Å². The number of halogens is 1. The molecule has 0 amide bonds. The van der Waals surface area contributed by atoms with E-state index in [1.54, 1.807) is 0 Å². The first-order valence-corrected chi connectivity index (χ1v) is 8.13. The predicted molar refractivity (Wildman–Crippen MR) is 87.3 cm³/mol. The molecule has 1 saturated heterocycles. The zero-order valence-electron chi connectivity index (χ0n) is 13.0. The first kappa shape index (κ1) is 15.8. The lowest BCUT2D eigenvalue weighted by Crippen LogP contribution is -2.38. The summed E-state index contributed by atoms with van der Waals surface area (Å²) in [6, 6.07) is 7.11. The lowest BCUT2D eigenvalue weighted by atomic mass is 10.1. The fourth-order valence-electron chi connectivity index (χ4n) is 2.94. The number of nitrogens with zero attached hydrogens (tertiary/aromatic N) is 1. The van der Waals surface area contributed by atoms with Crippen molar-refractivity contribution in [2.75, 3.05) is 19.6 Å². The Morgan fingerprint density at radius 3 is 2.80 bits per heavy atom. The third-order valence-corrected chi connectivity index (χ3v) is 4.31. The van der Waals surface area contributed by atoms with Crippen LogP contribution >= 0.6 is 11.6 Å². The number of rotatable bonds is 6. The molecule has 2 rings (SSSR count). The summed E-state index contributed by atoms with van der Waals surface area (Å²) in [7, 11) is 0. The average molecular weight is 295 g/mol. The smallest absolute Gasteiger partial charge is 0.0438 e. The van der Waals surface area contributed by atoms with E-state index in [0.717, 1.165) is 30.2 Å². The number of aryl methyl sites for hydroxylation is 1. The van der Waals surface area contributed by atoms with Crippen LogP contribution in [0.2, 0.25) is 5.02 Å². The van der Waals surface area contributed by atoms with Crippen molar-refractivity contribution in [1.82, 2.24) is 10.2 Å². The molecule has 0 radical (unpaired) electrons. The first-order chi connectivity index (χ1) is 9.54. The van der Waals surface area contributed by atoms with Crippen LogP contribution in [0, 0.1) is 12.8 Å². The van der Waals surface area contributed by atoms with Gasteiger partial charge in [-0.1, -0.05) is 37.6 Å². The molecule has 1 atom stereocenters. The molecular weight excluding hydrogens is 268 g/mol. The molecule has 0 saturated carbocycles. The van der Waals surface area contributed by atoms with Gasteiger partial charge in [-0.3, -0.25) is 4.90 Å². The van der Waals surface area contributed by atoms with Gasteiger partial charge in [-0.15, -0.1) is 0 Å². The van der Waals surface area contributed by atoms with Gasteiger partial charge in [-0.05, 0) is 49.4 Å². The maximum atomic E-state index is 6.24. The molecule has 1 fully saturated rings. The second kappa shape index (κ2) is 7.44.